The molecule has 1 amide bonds. The Morgan fingerprint density at radius 1 is 1.00 bits per heavy atom. The molecule has 0 radical (unpaired) electrons. The van der Waals surface area contributed by atoms with Crippen LogP contribution in [0.4, 0.5) is 11.4 Å². The second-order valence-corrected chi connectivity index (χ2v) is 7.29. The first-order valence-electron chi connectivity index (χ1n) is 9.96. The number of nitrogens with zero attached hydrogens (tertiary/aromatic N) is 3. The molecule has 150 valence electrons. The maximum Gasteiger partial charge on any atom is 0.255 e. The predicted octanol–water partition coefficient (Wildman–Crippen LogP) is 4.32. The maximum absolute atomic E-state index is 12.5. The smallest absolute Gasteiger partial charge is 0.255 e. The molecule has 0 bridgehead atoms. The van der Waals surface area contributed by atoms with Gasteiger partial charge in [0.25, 0.3) is 5.91 Å². The van der Waals surface area contributed by atoms with Crippen molar-refractivity contribution in [2.75, 3.05) is 23.9 Å². The first-order valence-corrected chi connectivity index (χ1v) is 9.96. The lowest BCUT2D eigenvalue weighted by Crippen LogP contribution is -2.33. The van der Waals surface area contributed by atoms with Crippen molar-refractivity contribution in [2.45, 2.75) is 13.1 Å². The van der Waals surface area contributed by atoms with Gasteiger partial charge >= 0.3 is 0 Å². The molecule has 30 heavy (non-hydrogen) atoms. The van der Waals surface area contributed by atoms with Crippen molar-refractivity contribution in [3.63, 3.8) is 0 Å². The molecule has 0 unspecified atom stereocenters. The van der Waals surface area contributed by atoms with Crippen molar-refractivity contribution in [1.82, 2.24) is 9.55 Å². The number of anilines is 2. The Kier molecular flexibility index (Phi) is 4.59. The predicted molar refractivity (Wildman–Crippen MR) is 118 cm³/mol. The molecule has 5 rings (SSSR count). The number of methoxy groups -OCH3 is 1. The summed E-state index contributed by atoms with van der Waals surface area (Å²) in [5.41, 5.74) is 4.52. The van der Waals surface area contributed by atoms with E-state index in [2.05, 4.69) is 33.0 Å². The number of fused-ring (bicyclic) bond motifs is 3. The van der Waals surface area contributed by atoms with E-state index in [1.54, 1.807) is 19.2 Å². The Morgan fingerprint density at radius 3 is 2.63 bits per heavy atom. The standard InChI is InChI=1S/C24H22N4O2/c1-30-22-15-18(11-12-20(22)26-24(29)17-7-3-2-4-8-17)27-13-14-28-21-10-6-5-9-19(21)25-23(28)16-27/h2-12,15H,13-14,16H2,1H3,(H,26,29). The van der Waals surface area contributed by atoms with Crippen molar-refractivity contribution in [3.8, 4) is 5.75 Å². The molecule has 0 fully saturated rings. The van der Waals surface area contributed by atoms with Gasteiger partial charge in [0.2, 0.25) is 0 Å². The second kappa shape index (κ2) is 7.55. The molecule has 6 heteroatoms. The molecule has 0 aliphatic carbocycles. The Hall–Kier alpha value is -3.80. The highest BCUT2D eigenvalue weighted by Crippen LogP contribution is 2.32. The summed E-state index contributed by atoms with van der Waals surface area (Å²) in [6.45, 7) is 2.49. The molecule has 4 aromatic rings. The third-order valence-electron chi connectivity index (χ3n) is 5.49. The topological polar surface area (TPSA) is 59.4 Å². The minimum Gasteiger partial charge on any atom is -0.494 e. The molecule has 2 heterocycles. The van der Waals surface area contributed by atoms with Crippen LogP contribution in [0.1, 0.15) is 16.2 Å². The average Bonchev–Trinajstić information content (AvgIpc) is 3.17. The largest absolute Gasteiger partial charge is 0.494 e. The Morgan fingerprint density at radius 2 is 1.80 bits per heavy atom. The monoisotopic (exact) mass is 398 g/mol. The summed E-state index contributed by atoms with van der Waals surface area (Å²) >= 11 is 0. The number of ether oxygens (including phenoxy) is 1. The molecule has 0 saturated carbocycles. The van der Waals surface area contributed by atoms with E-state index in [0.717, 1.165) is 36.7 Å². The molecule has 6 nitrogen and oxygen atoms in total. The molecule has 1 aliphatic heterocycles. The first-order chi connectivity index (χ1) is 14.7. The average molecular weight is 398 g/mol. The molecular formula is C24H22N4O2. The van der Waals surface area contributed by atoms with Crippen LogP contribution in [-0.2, 0) is 13.1 Å². The van der Waals surface area contributed by atoms with Gasteiger partial charge in [-0.1, -0.05) is 30.3 Å². The van der Waals surface area contributed by atoms with Crippen molar-refractivity contribution < 1.29 is 9.53 Å². The molecule has 1 N–H and O–H groups in total. The van der Waals surface area contributed by atoms with Crippen molar-refractivity contribution >= 4 is 28.3 Å². The SMILES string of the molecule is COc1cc(N2CCn3c(nc4ccccc43)C2)ccc1NC(=O)c1ccccc1. The summed E-state index contributed by atoms with van der Waals surface area (Å²) in [6, 6.07) is 23.3. The van der Waals surface area contributed by atoms with Crippen LogP contribution in [0.5, 0.6) is 5.75 Å². The normalized spacial score (nSPS) is 13.2. The zero-order valence-corrected chi connectivity index (χ0v) is 16.7. The summed E-state index contributed by atoms with van der Waals surface area (Å²) in [6.07, 6.45) is 0. The summed E-state index contributed by atoms with van der Waals surface area (Å²) in [5.74, 6) is 1.53. The van der Waals surface area contributed by atoms with Crippen LogP contribution in [0, 0.1) is 0 Å². The van der Waals surface area contributed by atoms with E-state index < -0.39 is 0 Å². The second-order valence-electron chi connectivity index (χ2n) is 7.29. The summed E-state index contributed by atoms with van der Waals surface area (Å²) in [4.78, 5) is 19.6. The van der Waals surface area contributed by atoms with Gasteiger partial charge in [-0.05, 0) is 36.4 Å². The number of hydrogen-bond acceptors (Lipinski definition) is 4. The Labute approximate surface area is 174 Å². The lowest BCUT2D eigenvalue weighted by molar-refractivity contribution is 0.102. The third kappa shape index (κ3) is 3.26. The van der Waals surface area contributed by atoms with E-state index in [0.29, 0.717) is 17.0 Å². The molecule has 1 aromatic heterocycles. The fraction of sp³-hybridized carbons (Fsp3) is 0.167. The van der Waals surface area contributed by atoms with E-state index in [1.165, 1.54) is 5.52 Å². The molecular weight excluding hydrogens is 376 g/mol. The highest BCUT2D eigenvalue weighted by molar-refractivity contribution is 6.05. The quantitative estimate of drug-likeness (QED) is 0.556. The van der Waals surface area contributed by atoms with Gasteiger partial charge in [-0.15, -0.1) is 0 Å². The molecule has 1 aliphatic rings. The lowest BCUT2D eigenvalue weighted by Gasteiger charge is -2.30. The van der Waals surface area contributed by atoms with Gasteiger partial charge < -0.3 is 19.5 Å². The minimum atomic E-state index is -0.159. The van der Waals surface area contributed by atoms with Crippen LogP contribution in [0.25, 0.3) is 11.0 Å². The molecule has 0 atom stereocenters. The molecule has 0 saturated heterocycles. The van der Waals surface area contributed by atoms with Gasteiger partial charge in [0.1, 0.15) is 11.6 Å². The van der Waals surface area contributed by atoms with Crippen LogP contribution >= 0.6 is 0 Å². The summed E-state index contributed by atoms with van der Waals surface area (Å²) in [5, 5.41) is 2.94. The number of amides is 1. The van der Waals surface area contributed by atoms with Crippen molar-refractivity contribution in [3.05, 3.63) is 84.2 Å². The van der Waals surface area contributed by atoms with Gasteiger partial charge in [0.15, 0.2) is 0 Å². The third-order valence-corrected chi connectivity index (χ3v) is 5.49. The van der Waals surface area contributed by atoms with Gasteiger partial charge in [-0.3, -0.25) is 4.79 Å². The van der Waals surface area contributed by atoms with Crippen LogP contribution < -0.4 is 15.0 Å². The number of benzene rings is 3. The summed E-state index contributed by atoms with van der Waals surface area (Å²) < 4.78 is 7.86. The number of hydrogen-bond donors (Lipinski definition) is 1. The number of para-hydroxylation sites is 2. The Bertz CT molecular complexity index is 1220. The van der Waals surface area contributed by atoms with Crippen LogP contribution in [0.2, 0.25) is 0 Å². The number of imidazole rings is 1. The van der Waals surface area contributed by atoms with Gasteiger partial charge in [0.05, 0.1) is 30.4 Å². The minimum absolute atomic E-state index is 0.159. The highest BCUT2D eigenvalue weighted by atomic mass is 16.5. The number of carbonyl (C=O) groups is 1. The maximum atomic E-state index is 12.5. The first kappa shape index (κ1) is 18.2. The van der Waals surface area contributed by atoms with Crippen LogP contribution in [0.3, 0.4) is 0 Å². The van der Waals surface area contributed by atoms with E-state index in [-0.39, 0.29) is 5.91 Å². The van der Waals surface area contributed by atoms with Gasteiger partial charge in [-0.2, -0.15) is 0 Å². The van der Waals surface area contributed by atoms with Gasteiger partial charge in [0, 0.05) is 30.4 Å². The zero-order chi connectivity index (χ0) is 20.5. The fourth-order valence-electron chi connectivity index (χ4n) is 3.95. The van der Waals surface area contributed by atoms with Gasteiger partial charge in [-0.25, -0.2) is 4.98 Å². The van der Waals surface area contributed by atoms with E-state index >= 15 is 0 Å². The van der Waals surface area contributed by atoms with E-state index in [4.69, 9.17) is 9.72 Å². The van der Waals surface area contributed by atoms with Crippen LogP contribution in [-0.4, -0.2) is 29.1 Å². The number of carbonyl (C=O) groups excluding carboxylic acids is 1. The number of aromatic nitrogens is 2. The Balaban J connectivity index is 1.38. The molecule has 3 aromatic carbocycles. The van der Waals surface area contributed by atoms with Crippen molar-refractivity contribution in [2.24, 2.45) is 0 Å². The number of rotatable bonds is 4. The summed E-state index contributed by atoms with van der Waals surface area (Å²) in [7, 11) is 1.62. The van der Waals surface area contributed by atoms with Crippen LogP contribution in [0.15, 0.2) is 72.8 Å². The molecule has 0 spiro atoms. The lowest BCUT2D eigenvalue weighted by atomic mass is 10.2. The number of nitrogens with one attached hydrogen (secondary N) is 1. The van der Waals surface area contributed by atoms with E-state index in [1.807, 2.05) is 42.5 Å². The fourth-order valence-corrected chi connectivity index (χ4v) is 3.95. The zero-order valence-electron chi connectivity index (χ0n) is 16.7. The van der Waals surface area contributed by atoms with Crippen molar-refractivity contribution in [1.29, 1.82) is 0 Å². The highest BCUT2D eigenvalue weighted by Gasteiger charge is 2.21. The van der Waals surface area contributed by atoms with E-state index in [9.17, 15) is 4.79 Å².